The van der Waals surface area contributed by atoms with Gasteiger partial charge in [-0.3, -0.25) is 9.59 Å². The third-order valence-electron chi connectivity index (χ3n) is 2.99. The molecule has 0 atom stereocenters. The normalized spacial score (nSPS) is 15.3. The number of carbonyl (C=O) groups is 2. The van der Waals surface area contributed by atoms with Gasteiger partial charge < -0.3 is 10.2 Å². The molecular formula is C13H17N3O2. The molecule has 96 valence electrons. The summed E-state index contributed by atoms with van der Waals surface area (Å²) in [7, 11) is 0. The van der Waals surface area contributed by atoms with Crippen molar-refractivity contribution in [1.29, 1.82) is 0 Å². The van der Waals surface area contributed by atoms with Gasteiger partial charge >= 0.3 is 11.8 Å². The van der Waals surface area contributed by atoms with E-state index in [0.29, 0.717) is 18.9 Å². The number of nitrogens with zero attached hydrogens (tertiary/aromatic N) is 2. The highest BCUT2D eigenvalue weighted by Crippen LogP contribution is 2.10. The number of amides is 2. The lowest BCUT2D eigenvalue weighted by atomic mass is 10.1. The molecule has 0 radical (unpaired) electrons. The minimum atomic E-state index is -0.602. The molecule has 2 amide bonds. The quantitative estimate of drug-likeness (QED) is 0.762. The van der Waals surface area contributed by atoms with Crippen LogP contribution < -0.4 is 5.32 Å². The van der Waals surface area contributed by atoms with E-state index < -0.39 is 11.8 Å². The average molecular weight is 247 g/mol. The summed E-state index contributed by atoms with van der Waals surface area (Å²) < 4.78 is 0. The smallest absolute Gasteiger partial charge is 0.315 e. The van der Waals surface area contributed by atoms with Gasteiger partial charge in [-0.05, 0) is 43.9 Å². The second kappa shape index (κ2) is 5.62. The van der Waals surface area contributed by atoms with E-state index in [1.165, 1.54) is 0 Å². The van der Waals surface area contributed by atoms with Crippen LogP contribution in [0.2, 0.25) is 0 Å². The van der Waals surface area contributed by atoms with Gasteiger partial charge in [0, 0.05) is 19.3 Å². The Labute approximate surface area is 106 Å². The topological polar surface area (TPSA) is 62.3 Å². The van der Waals surface area contributed by atoms with Crippen molar-refractivity contribution in [3.8, 4) is 0 Å². The lowest BCUT2D eigenvalue weighted by Gasteiger charge is -2.25. The fourth-order valence-electron chi connectivity index (χ4n) is 2.01. The molecule has 0 saturated carbocycles. The summed E-state index contributed by atoms with van der Waals surface area (Å²) in [5.41, 5.74) is 0.991. The molecule has 1 N–H and O–H groups in total. The average Bonchev–Trinajstić information content (AvgIpc) is 2.39. The molecule has 1 aliphatic rings. The molecule has 0 unspecified atom stereocenters. The molecule has 0 spiro atoms. The molecule has 2 rings (SSSR count). The molecule has 0 bridgehead atoms. The maximum Gasteiger partial charge on any atom is 0.315 e. The predicted molar refractivity (Wildman–Crippen MR) is 68.0 cm³/mol. The van der Waals surface area contributed by atoms with E-state index >= 15 is 0 Å². The van der Waals surface area contributed by atoms with Gasteiger partial charge in [-0.2, -0.15) is 0 Å². The van der Waals surface area contributed by atoms with Gasteiger partial charge in [0.2, 0.25) is 0 Å². The Kier molecular flexibility index (Phi) is 3.92. The molecule has 5 heteroatoms. The van der Waals surface area contributed by atoms with E-state index in [4.69, 9.17) is 0 Å². The number of likely N-dealkylation sites (tertiary alicyclic amines) is 1. The molecule has 0 aliphatic carbocycles. The first-order valence-corrected chi connectivity index (χ1v) is 6.20. The number of hydrogen-bond donors (Lipinski definition) is 1. The highest BCUT2D eigenvalue weighted by atomic mass is 16.2. The van der Waals surface area contributed by atoms with Crippen molar-refractivity contribution in [1.82, 2.24) is 9.88 Å². The standard InChI is InChI=1S/C13H17N3O2/c1-10-5-6-14-11(9-10)15-12(17)13(18)16-7-3-2-4-8-16/h5-6,9H,2-4,7-8H2,1H3,(H,14,15,17). The van der Waals surface area contributed by atoms with E-state index in [0.717, 1.165) is 24.8 Å². The van der Waals surface area contributed by atoms with Crippen molar-refractivity contribution >= 4 is 17.6 Å². The number of nitrogens with one attached hydrogen (secondary N) is 1. The van der Waals surface area contributed by atoms with E-state index in [-0.39, 0.29) is 0 Å². The van der Waals surface area contributed by atoms with Gasteiger partial charge in [-0.15, -0.1) is 0 Å². The van der Waals surface area contributed by atoms with Crippen molar-refractivity contribution in [3.63, 3.8) is 0 Å². The molecule has 1 fully saturated rings. The van der Waals surface area contributed by atoms with E-state index in [1.807, 2.05) is 13.0 Å². The van der Waals surface area contributed by atoms with Crippen LogP contribution in [0.4, 0.5) is 5.82 Å². The lowest BCUT2D eigenvalue weighted by Crippen LogP contribution is -2.42. The van der Waals surface area contributed by atoms with E-state index in [9.17, 15) is 9.59 Å². The summed E-state index contributed by atoms with van der Waals surface area (Å²) >= 11 is 0. The Bertz CT molecular complexity index is 453. The van der Waals surface area contributed by atoms with Gasteiger partial charge in [0.15, 0.2) is 0 Å². The van der Waals surface area contributed by atoms with Crippen molar-refractivity contribution in [2.75, 3.05) is 18.4 Å². The number of aryl methyl sites for hydroxylation is 1. The number of carbonyl (C=O) groups excluding carboxylic acids is 2. The summed E-state index contributed by atoms with van der Waals surface area (Å²) in [6.45, 7) is 3.25. The van der Waals surface area contributed by atoms with Gasteiger partial charge in [-0.25, -0.2) is 4.98 Å². The highest BCUT2D eigenvalue weighted by Gasteiger charge is 2.23. The monoisotopic (exact) mass is 247 g/mol. The molecule has 1 aliphatic heterocycles. The predicted octanol–water partition coefficient (Wildman–Crippen LogP) is 1.34. The molecule has 18 heavy (non-hydrogen) atoms. The van der Waals surface area contributed by atoms with Crippen LogP contribution >= 0.6 is 0 Å². The Morgan fingerprint density at radius 1 is 1.28 bits per heavy atom. The summed E-state index contributed by atoms with van der Waals surface area (Å²) in [4.78, 5) is 29.3. The first kappa shape index (κ1) is 12.5. The number of aromatic nitrogens is 1. The van der Waals surface area contributed by atoms with Crippen LogP contribution in [0.3, 0.4) is 0 Å². The SMILES string of the molecule is Cc1ccnc(NC(=O)C(=O)N2CCCCC2)c1. The maximum absolute atomic E-state index is 11.9. The second-order valence-electron chi connectivity index (χ2n) is 4.53. The Morgan fingerprint density at radius 3 is 2.67 bits per heavy atom. The number of hydrogen-bond acceptors (Lipinski definition) is 3. The van der Waals surface area contributed by atoms with E-state index in [2.05, 4.69) is 10.3 Å². The third-order valence-corrected chi connectivity index (χ3v) is 2.99. The van der Waals surface area contributed by atoms with Crippen LogP contribution in [0.25, 0.3) is 0 Å². The van der Waals surface area contributed by atoms with Gasteiger partial charge in [-0.1, -0.05) is 0 Å². The molecular weight excluding hydrogens is 230 g/mol. The molecule has 2 heterocycles. The molecule has 5 nitrogen and oxygen atoms in total. The molecule has 1 aromatic heterocycles. The number of anilines is 1. The molecule has 0 aromatic carbocycles. The zero-order valence-corrected chi connectivity index (χ0v) is 10.5. The van der Waals surface area contributed by atoms with Gasteiger partial charge in [0.05, 0.1) is 0 Å². The number of piperidine rings is 1. The van der Waals surface area contributed by atoms with Crippen molar-refractivity contribution < 1.29 is 9.59 Å². The maximum atomic E-state index is 11.9. The first-order valence-electron chi connectivity index (χ1n) is 6.20. The Morgan fingerprint density at radius 2 is 2.00 bits per heavy atom. The lowest BCUT2D eigenvalue weighted by molar-refractivity contribution is -0.143. The first-order chi connectivity index (χ1) is 8.66. The van der Waals surface area contributed by atoms with Gasteiger partial charge in [0.1, 0.15) is 5.82 Å². The minimum Gasteiger partial charge on any atom is -0.334 e. The fraction of sp³-hybridized carbons (Fsp3) is 0.462. The van der Waals surface area contributed by atoms with Crippen molar-refractivity contribution in [2.24, 2.45) is 0 Å². The summed E-state index contributed by atoms with van der Waals surface area (Å²) in [5, 5.41) is 2.54. The fourth-order valence-corrected chi connectivity index (χ4v) is 2.01. The minimum absolute atomic E-state index is 0.422. The number of rotatable bonds is 1. The zero-order chi connectivity index (χ0) is 13.0. The number of pyridine rings is 1. The highest BCUT2D eigenvalue weighted by molar-refractivity contribution is 6.39. The van der Waals surface area contributed by atoms with Crippen LogP contribution in [0.1, 0.15) is 24.8 Å². The van der Waals surface area contributed by atoms with Crippen molar-refractivity contribution in [2.45, 2.75) is 26.2 Å². The Balaban J connectivity index is 1.96. The van der Waals surface area contributed by atoms with Crippen LogP contribution in [0.15, 0.2) is 18.3 Å². The molecule has 1 aromatic rings. The summed E-state index contributed by atoms with van der Waals surface area (Å²) in [6.07, 6.45) is 4.69. The zero-order valence-electron chi connectivity index (χ0n) is 10.5. The second-order valence-corrected chi connectivity index (χ2v) is 4.53. The van der Waals surface area contributed by atoms with Gasteiger partial charge in [0.25, 0.3) is 0 Å². The summed E-state index contributed by atoms with van der Waals surface area (Å²) in [5.74, 6) is -0.640. The van der Waals surface area contributed by atoms with Crippen LogP contribution in [0.5, 0.6) is 0 Å². The van der Waals surface area contributed by atoms with Crippen LogP contribution in [-0.4, -0.2) is 34.8 Å². The van der Waals surface area contributed by atoms with E-state index in [1.54, 1.807) is 17.2 Å². The largest absolute Gasteiger partial charge is 0.334 e. The van der Waals surface area contributed by atoms with Crippen LogP contribution in [0, 0.1) is 6.92 Å². The Hall–Kier alpha value is -1.91. The molecule has 1 saturated heterocycles. The third kappa shape index (κ3) is 3.06. The summed E-state index contributed by atoms with van der Waals surface area (Å²) in [6, 6.07) is 3.57. The van der Waals surface area contributed by atoms with Crippen molar-refractivity contribution in [3.05, 3.63) is 23.9 Å². The van der Waals surface area contributed by atoms with Crippen LogP contribution in [-0.2, 0) is 9.59 Å².